The molecule has 3 heteroatoms. The summed E-state index contributed by atoms with van der Waals surface area (Å²) in [4.78, 5) is 0.795. The van der Waals surface area contributed by atoms with E-state index >= 15 is 0 Å². The van der Waals surface area contributed by atoms with E-state index in [1.807, 2.05) is 45.0 Å². The molecule has 1 rings (SSSR count). The highest BCUT2D eigenvalue weighted by molar-refractivity contribution is 7.86. The van der Waals surface area contributed by atoms with Gasteiger partial charge in [-0.3, -0.25) is 4.21 Å². The first-order chi connectivity index (χ1) is 7.46. The van der Waals surface area contributed by atoms with Gasteiger partial charge in [-0.25, -0.2) is 0 Å². The quantitative estimate of drug-likeness (QED) is 0.806. The third kappa shape index (κ3) is 3.34. The molecule has 16 heavy (non-hydrogen) atoms. The second-order valence-corrected chi connectivity index (χ2v) is 6.88. The van der Waals surface area contributed by atoms with Crippen molar-refractivity contribution in [1.82, 2.24) is 0 Å². The summed E-state index contributed by atoms with van der Waals surface area (Å²) in [5.74, 6) is 0.748. The van der Waals surface area contributed by atoms with E-state index in [1.54, 1.807) is 0 Å². The van der Waals surface area contributed by atoms with Gasteiger partial charge >= 0.3 is 0 Å². The molecule has 0 spiro atoms. The molecule has 0 heterocycles. The van der Waals surface area contributed by atoms with E-state index in [2.05, 4.69) is 6.92 Å². The number of rotatable bonds is 4. The summed E-state index contributed by atoms with van der Waals surface area (Å²) in [5, 5.41) is 0. The lowest BCUT2D eigenvalue weighted by Gasteiger charge is -2.19. The molecule has 0 saturated heterocycles. The second kappa shape index (κ2) is 5.48. The lowest BCUT2D eigenvalue weighted by atomic mass is 10.3. The van der Waals surface area contributed by atoms with Crippen molar-refractivity contribution >= 4 is 10.8 Å². The average Bonchev–Trinajstić information content (AvgIpc) is 2.24. The Morgan fingerprint density at radius 1 is 1.25 bits per heavy atom. The average molecular weight is 240 g/mol. The normalized spacial score (nSPS) is 13.5. The van der Waals surface area contributed by atoms with Crippen LogP contribution in [0.1, 0.15) is 34.1 Å². The molecule has 0 aliphatic carbocycles. The third-order valence-corrected chi connectivity index (χ3v) is 3.92. The fourth-order valence-electron chi connectivity index (χ4n) is 1.26. The number of hydrogen-bond acceptors (Lipinski definition) is 2. The maximum absolute atomic E-state index is 12.3. The van der Waals surface area contributed by atoms with Gasteiger partial charge in [-0.1, -0.05) is 19.1 Å². The van der Waals surface area contributed by atoms with Crippen molar-refractivity contribution in [3.63, 3.8) is 0 Å². The molecule has 1 atom stereocenters. The molecule has 0 aromatic heterocycles. The van der Waals surface area contributed by atoms with Gasteiger partial charge in [-0.2, -0.15) is 0 Å². The standard InChI is InChI=1S/C13H20O2S/c1-5-10-15-11-8-6-7-9-12(11)16(14)13(2,3)4/h6-9H,5,10H2,1-4H3/t16-/m0/s1. The van der Waals surface area contributed by atoms with Gasteiger partial charge in [0.05, 0.1) is 22.3 Å². The lowest BCUT2D eigenvalue weighted by molar-refractivity contribution is 0.309. The van der Waals surface area contributed by atoms with Crippen molar-refractivity contribution in [3.05, 3.63) is 24.3 Å². The Kier molecular flexibility index (Phi) is 4.54. The Morgan fingerprint density at radius 2 is 1.88 bits per heavy atom. The van der Waals surface area contributed by atoms with Crippen LogP contribution in [0.25, 0.3) is 0 Å². The Balaban J connectivity index is 2.99. The SMILES string of the molecule is CCCOc1ccccc1[S@](=O)C(C)(C)C. The molecule has 90 valence electrons. The zero-order valence-corrected chi connectivity index (χ0v) is 11.3. The zero-order chi connectivity index (χ0) is 12.2. The van der Waals surface area contributed by atoms with Crippen molar-refractivity contribution in [2.24, 2.45) is 0 Å². The third-order valence-electron chi connectivity index (χ3n) is 2.07. The topological polar surface area (TPSA) is 26.3 Å². The molecule has 0 unspecified atom stereocenters. The highest BCUT2D eigenvalue weighted by Gasteiger charge is 2.23. The minimum Gasteiger partial charge on any atom is -0.492 e. The number of hydrogen-bond donors (Lipinski definition) is 0. The van der Waals surface area contributed by atoms with Crippen LogP contribution >= 0.6 is 0 Å². The van der Waals surface area contributed by atoms with Crippen LogP contribution in [0.4, 0.5) is 0 Å². The molecule has 2 nitrogen and oxygen atoms in total. The van der Waals surface area contributed by atoms with Crippen molar-refractivity contribution in [3.8, 4) is 5.75 Å². The number of para-hydroxylation sites is 1. The van der Waals surface area contributed by atoms with Gasteiger partial charge in [-0.05, 0) is 39.3 Å². The fraction of sp³-hybridized carbons (Fsp3) is 0.538. The van der Waals surface area contributed by atoms with Crippen LogP contribution in [0.2, 0.25) is 0 Å². The number of ether oxygens (including phenoxy) is 1. The largest absolute Gasteiger partial charge is 0.492 e. The van der Waals surface area contributed by atoms with Crippen molar-refractivity contribution < 1.29 is 8.95 Å². The van der Waals surface area contributed by atoms with Crippen LogP contribution in [0.5, 0.6) is 5.75 Å². The molecule has 0 bridgehead atoms. The predicted octanol–water partition coefficient (Wildman–Crippen LogP) is 3.38. The first kappa shape index (κ1) is 13.2. The molecule has 0 fully saturated rings. The van der Waals surface area contributed by atoms with Crippen LogP contribution < -0.4 is 4.74 Å². The molecule has 0 saturated carbocycles. The summed E-state index contributed by atoms with van der Waals surface area (Å²) in [6.07, 6.45) is 0.955. The van der Waals surface area contributed by atoms with Gasteiger partial charge in [0, 0.05) is 4.75 Å². The summed E-state index contributed by atoms with van der Waals surface area (Å²) in [7, 11) is -1.04. The smallest absolute Gasteiger partial charge is 0.135 e. The second-order valence-electron chi connectivity index (χ2n) is 4.68. The Hall–Kier alpha value is -0.830. The van der Waals surface area contributed by atoms with Crippen LogP contribution in [0.3, 0.4) is 0 Å². The maximum atomic E-state index is 12.3. The van der Waals surface area contributed by atoms with E-state index in [0.29, 0.717) is 6.61 Å². The fourth-order valence-corrected chi connectivity index (χ4v) is 2.44. The van der Waals surface area contributed by atoms with Crippen molar-refractivity contribution in [2.45, 2.75) is 43.8 Å². The molecule has 0 aliphatic heterocycles. The highest BCUT2D eigenvalue weighted by Crippen LogP contribution is 2.28. The van der Waals surface area contributed by atoms with Crippen LogP contribution in [0.15, 0.2) is 29.2 Å². The molecule has 0 amide bonds. The van der Waals surface area contributed by atoms with Gasteiger partial charge in [-0.15, -0.1) is 0 Å². The van der Waals surface area contributed by atoms with E-state index in [0.717, 1.165) is 17.1 Å². The molecule has 1 aromatic rings. The Bertz CT molecular complexity index is 366. The van der Waals surface area contributed by atoms with Crippen LogP contribution in [-0.2, 0) is 10.8 Å². The highest BCUT2D eigenvalue weighted by atomic mass is 32.2. The Morgan fingerprint density at radius 3 is 2.44 bits per heavy atom. The first-order valence-electron chi connectivity index (χ1n) is 5.60. The zero-order valence-electron chi connectivity index (χ0n) is 10.4. The molecule has 1 aromatic carbocycles. The Labute approximate surface area is 100 Å². The summed E-state index contributed by atoms with van der Waals surface area (Å²) < 4.78 is 17.6. The molecular formula is C13H20O2S. The minimum atomic E-state index is -1.04. The van der Waals surface area contributed by atoms with Gasteiger partial charge in [0.15, 0.2) is 0 Å². The van der Waals surface area contributed by atoms with Crippen molar-refractivity contribution in [1.29, 1.82) is 0 Å². The first-order valence-corrected chi connectivity index (χ1v) is 6.75. The van der Waals surface area contributed by atoms with E-state index in [4.69, 9.17) is 4.74 Å². The summed E-state index contributed by atoms with van der Waals surface area (Å²) in [6, 6.07) is 7.58. The monoisotopic (exact) mass is 240 g/mol. The van der Waals surface area contributed by atoms with Gasteiger partial charge < -0.3 is 4.74 Å². The van der Waals surface area contributed by atoms with Crippen LogP contribution in [-0.4, -0.2) is 15.6 Å². The van der Waals surface area contributed by atoms with E-state index in [9.17, 15) is 4.21 Å². The van der Waals surface area contributed by atoms with Gasteiger partial charge in [0.2, 0.25) is 0 Å². The molecule has 0 aliphatic rings. The van der Waals surface area contributed by atoms with Crippen molar-refractivity contribution in [2.75, 3.05) is 6.61 Å². The summed E-state index contributed by atoms with van der Waals surface area (Å²) in [6.45, 7) is 8.64. The van der Waals surface area contributed by atoms with E-state index < -0.39 is 10.8 Å². The number of benzene rings is 1. The summed E-state index contributed by atoms with van der Waals surface area (Å²) >= 11 is 0. The minimum absolute atomic E-state index is 0.258. The maximum Gasteiger partial charge on any atom is 0.135 e. The molecular weight excluding hydrogens is 220 g/mol. The molecule has 0 N–H and O–H groups in total. The molecule has 0 radical (unpaired) electrons. The lowest BCUT2D eigenvalue weighted by Crippen LogP contribution is -2.22. The van der Waals surface area contributed by atoms with Gasteiger partial charge in [0.25, 0.3) is 0 Å². The van der Waals surface area contributed by atoms with Crippen LogP contribution in [0, 0.1) is 0 Å². The van der Waals surface area contributed by atoms with E-state index in [1.165, 1.54) is 0 Å². The van der Waals surface area contributed by atoms with E-state index in [-0.39, 0.29) is 4.75 Å². The predicted molar refractivity (Wildman–Crippen MR) is 68.4 cm³/mol. The summed E-state index contributed by atoms with van der Waals surface area (Å²) in [5.41, 5.74) is 0. The van der Waals surface area contributed by atoms with Gasteiger partial charge in [0.1, 0.15) is 5.75 Å².